The van der Waals surface area contributed by atoms with Crippen molar-refractivity contribution in [3.63, 3.8) is 0 Å². The molecule has 0 fully saturated rings. The zero-order valence-corrected chi connectivity index (χ0v) is 30.4. The summed E-state index contributed by atoms with van der Waals surface area (Å²) in [7, 11) is 0. The monoisotopic (exact) mass is 730 g/mol. The molecule has 0 aliphatic heterocycles. The van der Waals surface area contributed by atoms with Crippen LogP contribution in [0.2, 0.25) is 0 Å². The van der Waals surface area contributed by atoms with Crippen LogP contribution in [0.4, 0.5) is 0 Å². The van der Waals surface area contributed by atoms with Gasteiger partial charge < -0.3 is 8.83 Å². The van der Waals surface area contributed by atoms with E-state index in [9.17, 15) is 0 Å². The summed E-state index contributed by atoms with van der Waals surface area (Å²) < 4.78 is 15.2. The molecule has 0 spiro atoms. The van der Waals surface area contributed by atoms with Crippen LogP contribution in [0, 0.1) is 0 Å². The van der Waals surface area contributed by atoms with Crippen molar-refractivity contribution in [1.29, 1.82) is 0 Å². The molecular weight excluding hydrogens is 701 g/mol. The highest BCUT2D eigenvalue weighted by Gasteiger charge is 2.24. The largest absolute Gasteiger partial charge is 0.456 e. The molecule has 6 heteroatoms. The molecule has 6 nitrogen and oxygen atoms in total. The number of aromatic nitrogens is 4. The fraction of sp³-hybridized carbons (Fsp3) is 0. The van der Waals surface area contributed by atoms with Crippen molar-refractivity contribution in [1.82, 2.24) is 19.5 Å². The first-order valence-corrected chi connectivity index (χ1v) is 19.0. The Hall–Kier alpha value is -7.83. The van der Waals surface area contributed by atoms with E-state index < -0.39 is 0 Å². The van der Waals surface area contributed by atoms with E-state index in [4.69, 9.17) is 23.8 Å². The molecule has 0 saturated carbocycles. The summed E-state index contributed by atoms with van der Waals surface area (Å²) >= 11 is 0. The second-order valence-corrected chi connectivity index (χ2v) is 14.3. The molecule has 0 atom stereocenters. The zero-order valence-electron chi connectivity index (χ0n) is 30.4. The fourth-order valence-electron chi connectivity index (χ4n) is 8.61. The summed E-state index contributed by atoms with van der Waals surface area (Å²) in [6, 6.07) is 62.6. The second-order valence-electron chi connectivity index (χ2n) is 14.3. The quantitative estimate of drug-likeness (QED) is 0.176. The van der Waals surface area contributed by atoms with E-state index in [0.717, 1.165) is 99.1 Å². The number of nitrogens with zero attached hydrogens (tertiary/aromatic N) is 4. The first-order chi connectivity index (χ1) is 28.3. The predicted molar refractivity (Wildman–Crippen MR) is 230 cm³/mol. The van der Waals surface area contributed by atoms with Gasteiger partial charge in [0, 0.05) is 49.0 Å². The maximum atomic E-state index is 6.53. The van der Waals surface area contributed by atoms with Gasteiger partial charge in [0.1, 0.15) is 22.3 Å². The maximum Gasteiger partial charge on any atom is 0.238 e. The van der Waals surface area contributed by atoms with Crippen LogP contribution >= 0.6 is 0 Å². The number of hydrogen-bond acceptors (Lipinski definition) is 5. The molecule has 0 radical (unpaired) electrons. The van der Waals surface area contributed by atoms with Crippen LogP contribution in [0.3, 0.4) is 0 Å². The van der Waals surface area contributed by atoms with Crippen molar-refractivity contribution in [2.24, 2.45) is 0 Å². The average Bonchev–Trinajstić information content (AvgIpc) is 3.96. The molecule has 57 heavy (non-hydrogen) atoms. The standard InChI is InChI=1S/C51H30N4O2/c1-3-15-31(16-4-1)45-35(29-30-44-46(45)39-21-9-12-28-43(39)56-44)37-23-13-22-36-33-19-7-10-26-41(33)55(47(36)37)51-53-49(32-17-5-2-6-18-32)52-50(54-51)40-25-14-24-38-34-20-8-11-27-42(34)57-48(38)40/h1-30H. The fourth-order valence-corrected chi connectivity index (χ4v) is 8.61. The smallest absolute Gasteiger partial charge is 0.238 e. The topological polar surface area (TPSA) is 69.9 Å². The Morgan fingerprint density at radius 2 is 0.982 bits per heavy atom. The highest BCUT2D eigenvalue weighted by molar-refractivity contribution is 6.19. The maximum absolute atomic E-state index is 6.53. The Morgan fingerprint density at radius 3 is 1.79 bits per heavy atom. The molecule has 4 heterocycles. The van der Waals surface area contributed by atoms with Crippen molar-refractivity contribution >= 4 is 65.7 Å². The van der Waals surface area contributed by atoms with E-state index in [2.05, 4.69) is 114 Å². The Kier molecular flexibility index (Phi) is 6.83. The highest BCUT2D eigenvalue weighted by atomic mass is 16.3. The van der Waals surface area contributed by atoms with Crippen molar-refractivity contribution in [3.05, 3.63) is 182 Å². The predicted octanol–water partition coefficient (Wildman–Crippen LogP) is 13.4. The Bertz CT molecular complexity index is 3530. The number of fused-ring (bicyclic) bond motifs is 9. The minimum atomic E-state index is 0.515. The molecule has 8 aromatic carbocycles. The van der Waals surface area contributed by atoms with Crippen LogP contribution in [-0.4, -0.2) is 19.5 Å². The Morgan fingerprint density at radius 1 is 0.368 bits per heavy atom. The van der Waals surface area contributed by atoms with Crippen molar-refractivity contribution in [2.45, 2.75) is 0 Å². The lowest BCUT2D eigenvalue weighted by Crippen LogP contribution is -2.07. The molecule has 4 aromatic heterocycles. The van der Waals surface area contributed by atoms with E-state index in [-0.39, 0.29) is 0 Å². The normalized spacial score (nSPS) is 11.9. The molecular formula is C51H30N4O2. The molecule has 266 valence electrons. The number of furan rings is 2. The van der Waals surface area contributed by atoms with Crippen LogP contribution in [0.25, 0.3) is 117 Å². The SMILES string of the molecule is c1ccc(-c2nc(-c3cccc4c3oc3ccccc34)nc(-n3c4ccccc4c4cccc(-c5ccc6oc7ccccc7c6c5-c5ccccc5)c43)n2)cc1. The molecule has 0 bridgehead atoms. The lowest BCUT2D eigenvalue weighted by Gasteiger charge is -2.16. The van der Waals surface area contributed by atoms with E-state index in [1.54, 1.807) is 0 Å². The molecule has 12 rings (SSSR count). The van der Waals surface area contributed by atoms with Gasteiger partial charge in [0.15, 0.2) is 11.6 Å². The highest BCUT2D eigenvalue weighted by Crippen LogP contribution is 2.46. The first kappa shape index (κ1) is 31.5. The Labute approximate surface area is 325 Å². The van der Waals surface area contributed by atoms with Crippen LogP contribution in [-0.2, 0) is 0 Å². The van der Waals surface area contributed by atoms with Gasteiger partial charge in [-0.2, -0.15) is 9.97 Å². The number of hydrogen-bond donors (Lipinski definition) is 0. The first-order valence-electron chi connectivity index (χ1n) is 19.0. The molecule has 0 saturated heterocycles. The van der Waals surface area contributed by atoms with Crippen molar-refractivity contribution < 1.29 is 8.83 Å². The van der Waals surface area contributed by atoms with Crippen molar-refractivity contribution in [2.75, 3.05) is 0 Å². The third-order valence-electron chi connectivity index (χ3n) is 11.1. The molecule has 0 aliphatic carbocycles. The van der Waals surface area contributed by atoms with E-state index in [0.29, 0.717) is 17.6 Å². The van der Waals surface area contributed by atoms with Gasteiger partial charge in [-0.05, 0) is 47.5 Å². The van der Waals surface area contributed by atoms with Crippen LogP contribution < -0.4 is 0 Å². The number of para-hydroxylation sites is 5. The summed E-state index contributed by atoms with van der Waals surface area (Å²) in [5.41, 5.74) is 11.3. The minimum Gasteiger partial charge on any atom is -0.456 e. The van der Waals surface area contributed by atoms with Crippen LogP contribution in [0.15, 0.2) is 191 Å². The number of rotatable bonds is 5. The summed E-state index contributed by atoms with van der Waals surface area (Å²) in [6.07, 6.45) is 0. The van der Waals surface area contributed by atoms with Crippen LogP contribution in [0.1, 0.15) is 0 Å². The van der Waals surface area contributed by atoms with Crippen LogP contribution in [0.5, 0.6) is 0 Å². The van der Waals surface area contributed by atoms with Crippen molar-refractivity contribution in [3.8, 4) is 51.0 Å². The third-order valence-corrected chi connectivity index (χ3v) is 11.1. The van der Waals surface area contributed by atoms with Gasteiger partial charge in [-0.3, -0.25) is 4.57 Å². The summed E-state index contributed by atoms with van der Waals surface area (Å²) in [4.78, 5) is 15.8. The van der Waals surface area contributed by atoms with E-state index in [1.807, 2.05) is 72.8 Å². The molecule has 12 aromatic rings. The summed E-state index contributed by atoms with van der Waals surface area (Å²) in [5, 5.41) is 6.43. The molecule has 0 N–H and O–H groups in total. The number of benzene rings is 8. The van der Waals surface area contributed by atoms with E-state index in [1.165, 1.54) is 0 Å². The molecule has 0 aliphatic rings. The summed E-state index contributed by atoms with van der Waals surface area (Å²) in [6.45, 7) is 0. The van der Waals surface area contributed by atoms with Gasteiger partial charge in [0.2, 0.25) is 5.95 Å². The molecule has 0 amide bonds. The van der Waals surface area contributed by atoms with E-state index >= 15 is 0 Å². The van der Waals surface area contributed by atoms with Gasteiger partial charge >= 0.3 is 0 Å². The van der Waals surface area contributed by atoms with Gasteiger partial charge in [-0.1, -0.05) is 146 Å². The van der Waals surface area contributed by atoms with Gasteiger partial charge in [0.25, 0.3) is 0 Å². The molecule has 0 unspecified atom stereocenters. The summed E-state index contributed by atoms with van der Waals surface area (Å²) in [5.74, 6) is 1.62. The Balaban J connectivity index is 1.20. The van der Waals surface area contributed by atoms with Gasteiger partial charge in [-0.15, -0.1) is 0 Å². The average molecular weight is 731 g/mol. The minimum absolute atomic E-state index is 0.515. The lowest BCUT2D eigenvalue weighted by molar-refractivity contribution is 0.669. The second kappa shape index (κ2) is 12.3. The van der Waals surface area contributed by atoms with Gasteiger partial charge in [0.05, 0.1) is 16.6 Å². The lowest BCUT2D eigenvalue weighted by atomic mass is 9.90. The van der Waals surface area contributed by atoms with Gasteiger partial charge in [-0.25, -0.2) is 4.98 Å². The zero-order chi connectivity index (χ0) is 37.5. The third kappa shape index (κ3) is 4.81.